The molecule has 0 spiro atoms. The lowest BCUT2D eigenvalue weighted by atomic mass is 10.2. The van der Waals surface area contributed by atoms with Gasteiger partial charge in [0.05, 0.1) is 6.54 Å². The fourth-order valence-corrected chi connectivity index (χ4v) is 2.64. The first-order valence-corrected chi connectivity index (χ1v) is 7.66. The highest BCUT2D eigenvalue weighted by atomic mass is 35.5. The molecule has 2 aromatic heterocycles. The van der Waals surface area contributed by atoms with Crippen LogP contribution in [0.15, 0.2) is 54.6 Å². The smallest absolute Gasteiger partial charge is 0.184 e. The summed E-state index contributed by atoms with van der Waals surface area (Å²) in [5, 5.41) is 8.27. The maximum absolute atomic E-state index is 13.9. The number of hydrogen-bond acceptors (Lipinski definition) is 4. The summed E-state index contributed by atoms with van der Waals surface area (Å²) in [4.78, 5) is 8.79. The molecule has 0 fully saturated rings. The molecule has 2 aromatic carbocycles. The van der Waals surface area contributed by atoms with Crippen LogP contribution in [0.5, 0.6) is 0 Å². The van der Waals surface area contributed by atoms with Gasteiger partial charge in [0.2, 0.25) is 0 Å². The molecule has 2 heterocycles. The fourth-order valence-electron chi connectivity index (χ4n) is 2.43. The van der Waals surface area contributed by atoms with Crippen LogP contribution >= 0.6 is 11.6 Å². The largest absolute Gasteiger partial charge is 0.222 e. The molecule has 0 amide bonds. The third-order valence-corrected chi connectivity index (χ3v) is 3.89. The van der Waals surface area contributed by atoms with Crippen LogP contribution < -0.4 is 0 Å². The summed E-state index contributed by atoms with van der Waals surface area (Å²) in [5.74, 6) is 0.176. The van der Waals surface area contributed by atoms with E-state index in [0.29, 0.717) is 22.6 Å². The Morgan fingerprint density at radius 3 is 2.50 bits per heavy atom. The minimum Gasteiger partial charge on any atom is -0.222 e. The molecule has 4 rings (SSSR count). The van der Waals surface area contributed by atoms with Crippen molar-refractivity contribution < 1.29 is 4.39 Å². The van der Waals surface area contributed by atoms with Crippen LogP contribution in [-0.4, -0.2) is 25.0 Å². The minimum atomic E-state index is -0.301. The Morgan fingerprint density at radius 1 is 0.958 bits per heavy atom. The highest BCUT2D eigenvalue weighted by Gasteiger charge is 2.15. The fraction of sp³-hybridized carbons (Fsp3) is 0.0588. The van der Waals surface area contributed by atoms with Gasteiger partial charge in [-0.25, -0.2) is 19.0 Å². The molecule has 0 aliphatic heterocycles. The number of halogens is 2. The van der Waals surface area contributed by atoms with Crippen molar-refractivity contribution in [3.05, 3.63) is 71.1 Å². The van der Waals surface area contributed by atoms with Crippen LogP contribution in [0.4, 0.5) is 4.39 Å². The topological polar surface area (TPSA) is 56.5 Å². The Kier molecular flexibility index (Phi) is 3.66. The number of rotatable bonds is 3. The van der Waals surface area contributed by atoms with Gasteiger partial charge in [-0.1, -0.05) is 65.3 Å². The van der Waals surface area contributed by atoms with Crippen molar-refractivity contribution in [1.82, 2.24) is 25.0 Å². The molecule has 24 heavy (non-hydrogen) atoms. The van der Waals surface area contributed by atoms with E-state index in [2.05, 4.69) is 20.3 Å². The summed E-state index contributed by atoms with van der Waals surface area (Å²) in [7, 11) is 0. The van der Waals surface area contributed by atoms with Crippen LogP contribution in [-0.2, 0) is 6.54 Å². The molecule has 0 bridgehead atoms. The minimum absolute atomic E-state index is 0.213. The molecule has 0 saturated heterocycles. The molecule has 0 saturated carbocycles. The summed E-state index contributed by atoms with van der Waals surface area (Å²) in [6.45, 7) is 0.213. The first-order chi connectivity index (χ1) is 11.7. The molecule has 0 unspecified atom stereocenters. The summed E-state index contributed by atoms with van der Waals surface area (Å²) in [6, 6.07) is 16.0. The lowest BCUT2D eigenvalue weighted by molar-refractivity contribution is 0.582. The molecular weight excluding hydrogens is 329 g/mol. The lowest BCUT2D eigenvalue weighted by Gasteiger charge is -2.05. The predicted molar refractivity (Wildman–Crippen MR) is 89.1 cm³/mol. The molecule has 0 radical (unpaired) electrons. The van der Waals surface area contributed by atoms with Crippen LogP contribution in [0, 0.1) is 5.82 Å². The van der Waals surface area contributed by atoms with Gasteiger partial charge in [-0.2, -0.15) is 0 Å². The zero-order chi connectivity index (χ0) is 16.5. The van der Waals surface area contributed by atoms with Crippen molar-refractivity contribution in [3.63, 3.8) is 0 Å². The van der Waals surface area contributed by atoms with Crippen molar-refractivity contribution in [3.8, 4) is 11.4 Å². The van der Waals surface area contributed by atoms with Gasteiger partial charge in [0.15, 0.2) is 22.1 Å². The van der Waals surface area contributed by atoms with Gasteiger partial charge in [0.25, 0.3) is 0 Å². The highest BCUT2D eigenvalue weighted by Crippen LogP contribution is 2.23. The van der Waals surface area contributed by atoms with Crippen molar-refractivity contribution >= 4 is 22.8 Å². The van der Waals surface area contributed by atoms with Gasteiger partial charge in [-0.15, -0.1) is 5.10 Å². The molecule has 0 aliphatic carbocycles. The normalized spacial score (nSPS) is 11.1. The Bertz CT molecular complexity index is 1020. The van der Waals surface area contributed by atoms with Crippen LogP contribution in [0.25, 0.3) is 22.6 Å². The maximum atomic E-state index is 13.9. The highest BCUT2D eigenvalue weighted by molar-refractivity contribution is 6.33. The number of aromatic nitrogens is 5. The first kappa shape index (κ1) is 14.7. The molecule has 4 aromatic rings. The van der Waals surface area contributed by atoms with Gasteiger partial charge in [0.1, 0.15) is 5.82 Å². The van der Waals surface area contributed by atoms with Gasteiger partial charge >= 0.3 is 0 Å². The monoisotopic (exact) mass is 339 g/mol. The van der Waals surface area contributed by atoms with Crippen molar-refractivity contribution in [1.29, 1.82) is 0 Å². The van der Waals surface area contributed by atoms with E-state index in [0.717, 1.165) is 5.56 Å². The van der Waals surface area contributed by atoms with E-state index < -0.39 is 0 Å². The van der Waals surface area contributed by atoms with E-state index in [-0.39, 0.29) is 17.5 Å². The Hall–Kier alpha value is -2.86. The predicted octanol–water partition coefficient (Wildman–Crippen LogP) is 3.73. The summed E-state index contributed by atoms with van der Waals surface area (Å²) < 4.78 is 15.4. The molecule has 0 atom stereocenters. The zero-order valence-electron chi connectivity index (χ0n) is 12.4. The second-order valence-electron chi connectivity index (χ2n) is 5.21. The van der Waals surface area contributed by atoms with Crippen molar-refractivity contribution in [2.24, 2.45) is 0 Å². The SMILES string of the molecule is Fc1ccccc1Cn1nnc2c(Cl)nc(-c3ccccc3)nc21. The molecule has 7 heteroatoms. The molecule has 0 aliphatic rings. The summed E-state index contributed by atoms with van der Waals surface area (Å²) in [5.41, 5.74) is 2.20. The lowest BCUT2D eigenvalue weighted by Crippen LogP contribution is -2.05. The molecular formula is C17H11ClFN5. The van der Waals surface area contributed by atoms with E-state index in [1.807, 2.05) is 30.3 Å². The van der Waals surface area contributed by atoms with E-state index in [9.17, 15) is 4.39 Å². The second-order valence-corrected chi connectivity index (χ2v) is 5.57. The quantitative estimate of drug-likeness (QED) is 0.534. The van der Waals surface area contributed by atoms with E-state index in [1.165, 1.54) is 10.7 Å². The average Bonchev–Trinajstić information content (AvgIpc) is 3.01. The van der Waals surface area contributed by atoms with E-state index in [1.54, 1.807) is 18.2 Å². The zero-order valence-corrected chi connectivity index (χ0v) is 13.2. The standard InChI is InChI=1S/C17H11ClFN5/c18-15-14-17(21-16(20-15)11-6-2-1-3-7-11)24(23-22-14)10-12-8-4-5-9-13(12)19/h1-9H,10H2. The Balaban J connectivity index is 1.83. The van der Waals surface area contributed by atoms with Gasteiger partial charge in [-0.05, 0) is 6.07 Å². The number of hydrogen-bond donors (Lipinski definition) is 0. The number of benzene rings is 2. The third-order valence-electron chi connectivity index (χ3n) is 3.63. The number of fused-ring (bicyclic) bond motifs is 1. The molecule has 118 valence electrons. The van der Waals surface area contributed by atoms with Gasteiger partial charge in [-0.3, -0.25) is 0 Å². The first-order valence-electron chi connectivity index (χ1n) is 7.28. The van der Waals surface area contributed by atoms with E-state index >= 15 is 0 Å². The van der Waals surface area contributed by atoms with Crippen LogP contribution in [0.2, 0.25) is 5.15 Å². The second kappa shape index (κ2) is 5.98. The average molecular weight is 340 g/mol. The van der Waals surface area contributed by atoms with Gasteiger partial charge in [0, 0.05) is 11.1 Å². The van der Waals surface area contributed by atoms with Crippen molar-refractivity contribution in [2.45, 2.75) is 6.54 Å². The Labute approximate surface area is 141 Å². The van der Waals surface area contributed by atoms with Crippen LogP contribution in [0.1, 0.15) is 5.56 Å². The summed E-state index contributed by atoms with van der Waals surface area (Å²) in [6.07, 6.45) is 0. The third kappa shape index (κ3) is 2.61. The molecule has 0 N–H and O–H groups in total. The maximum Gasteiger partial charge on any atom is 0.184 e. The van der Waals surface area contributed by atoms with Gasteiger partial charge < -0.3 is 0 Å². The summed E-state index contributed by atoms with van der Waals surface area (Å²) >= 11 is 6.22. The molecule has 5 nitrogen and oxygen atoms in total. The van der Waals surface area contributed by atoms with Crippen LogP contribution in [0.3, 0.4) is 0 Å². The Morgan fingerprint density at radius 2 is 1.71 bits per heavy atom. The van der Waals surface area contributed by atoms with E-state index in [4.69, 9.17) is 11.6 Å². The number of nitrogens with zero attached hydrogens (tertiary/aromatic N) is 5. The van der Waals surface area contributed by atoms with Crippen molar-refractivity contribution in [2.75, 3.05) is 0 Å².